The molecule has 1 saturated heterocycles. The largest absolute Gasteiger partial charge is 0.478 e. The van der Waals surface area contributed by atoms with Crippen LogP contribution in [0.3, 0.4) is 0 Å². The molecule has 3 rings (SSSR count). The average molecular weight is 329 g/mol. The standard InChI is InChI=1S/C20H27NO3/c1-20(10-4-5-11-20)19(24)21-12-8-15(9-13-21)14-16-6-2-3-7-17(16)18(22)23/h2-3,6-7,15H,4-5,8-14H2,1H3,(H,22,23). The molecule has 0 unspecified atom stereocenters. The van der Waals surface area contributed by atoms with Crippen LogP contribution in [-0.4, -0.2) is 35.0 Å². The lowest BCUT2D eigenvalue weighted by Crippen LogP contribution is -2.45. The number of carbonyl (C=O) groups excluding carboxylic acids is 1. The first-order valence-corrected chi connectivity index (χ1v) is 9.10. The number of carboxylic acids is 1. The number of carboxylic acid groups (broad SMARTS) is 1. The fraction of sp³-hybridized carbons (Fsp3) is 0.600. The molecular formula is C20H27NO3. The summed E-state index contributed by atoms with van der Waals surface area (Å²) in [6.45, 7) is 3.75. The minimum atomic E-state index is -0.854. The van der Waals surface area contributed by atoms with Crippen molar-refractivity contribution in [2.75, 3.05) is 13.1 Å². The van der Waals surface area contributed by atoms with Crippen molar-refractivity contribution in [3.63, 3.8) is 0 Å². The number of likely N-dealkylation sites (tertiary alicyclic amines) is 1. The molecule has 0 atom stereocenters. The summed E-state index contributed by atoms with van der Waals surface area (Å²) in [5.41, 5.74) is 1.19. The fourth-order valence-corrected chi connectivity index (χ4v) is 4.31. The molecule has 1 amide bonds. The Morgan fingerprint density at radius 3 is 2.42 bits per heavy atom. The van der Waals surface area contributed by atoms with Crippen molar-refractivity contribution in [2.24, 2.45) is 11.3 Å². The SMILES string of the molecule is CC1(C(=O)N2CCC(Cc3ccccc3C(=O)O)CC2)CCCC1. The maximum absolute atomic E-state index is 12.8. The van der Waals surface area contributed by atoms with Gasteiger partial charge in [-0.1, -0.05) is 38.0 Å². The molecule has 1 aliphatic carbocycles. The van der Waals surface area contributed by atoms with Crippen LogP contribution in [0.15, 0.2) is 24.3 Å². The summed E-state index contributed by atoms with van der Waals surface area (Å²) in [5, 5.41) is 9.31. The Bertz CT molecular complexity index is 611. The van der Waals surface area contributed by atoms with Crippen molar-refractivity contribution in [2.45, 2.75) is 51.9 Å². The summed E-state index contributed by atoms with van der Waals surface area (Å²) in [5.74, 6) is -0.0531. The Balaban J connectivity index is 1.58. The number of aromatic carboxylic acids is 1. The first-order valence-electron chi connectivity index (χ1n) is 9.10. The minimum Gasteiger partial charge on any atom is -0.478 e. The van der Waals surface area contributed by atoms with Crippen LogP contribution in [0.1, 0.15) is 61.4 Å². The molecule has 24 heavy (non-hydrogen) atoms. The normalized spacial score (nSPS) is 21.0. The van der Waals surface area contributed by atoms with Crippen LogP contribution in [0.2, 0.25) is 0 Å². The van der Waals surface area contributed by atoms with E-state index in [-0.39, 0.29) is 5.41 Å². The van der Waals surface area contributed by atoms with Gasteiger partial charge in [0, 0.05) is 18.5 Å². The number of nitrogens with zero attached hydrogens (tertiary/aromatic N) is 1. The predicted molar refractivity (Wildman–Crippen MR) is 93.0 cm³/mol. The van der Waals surface area contributed by atoms with E-state index in [0.29, 0.717) is 17.4 Å². The van der Waals surface area contributed by atoms with Gasteiger partial charge in [-0.25, -0.2) is 4.79 Å². The highest BCUT2D eigenvalue weighted by Crippen LogP contribution is 2.40. The van der Waals surface area contributed by atoms with Crippen molar-refractivity contribution in [3.8, 4) is 0 Å². The Morgan fingerprint density at radius 1 is 1.17 bits per heavy atom. The van der Waals surface area contributed by atoms with Crippen LogP contribution in [0.4, 0.5) is 0 Å². The third kappa shape index (κ3) is 3.47. The number of benzene rings is 1. The molecule has 0 aromatic heterocycles. The Kier molecular flexibility index (Phi) is 4.93. The first kappa shape index (κ1) is 17.0. The van der Waals surface area contributed by atoms with Gasteiger partial charge in [-0.2, -0.15) is 0 Å². The Hall–Kier alpha value is -1.84. The molecule has 1 N–H and O–H groups in total. The van der Waals surface area contributed by atoms with Gasteiger partial charge in [-0.05, 0) is 49.7 Å². The lowest BCUT2D eigenvalue weighted by molar-refractivity contribution is -0.142. The summed E-state index contributed by atoms with van der Waals surface area (Å²) in [7, 11) is 0. The maximum Gasteiger partial charge on any atom is 0.335 e. The van der Waals surface area contributed by atoms with Crippen molar-refractivity contribution in [3.05, 3.63) is 35.4 Å². The second kappa shape index (κ2) is 6.96. The number of rotatable bonds is 4. The van der Waals surface area contributed by atoms with Crippen molar-refractivity contribution in [1.82, 2.24) is 4.90 Å². The second-order valence-corrected chi connectivity index (χ2v) is 7.67. The quantitative estimate of drug-likeness (QED) is 0.915. The summed E-state index contributed by atoms with van der Waals surface area (Å²) < 4.78 is 0. The Labute approximate surface area is 143 Å². The highest BCUT2D eigenvalue weighted by Gasteiger charge is 2.39. The number of carbonyl (C=O) groups is 2. The molecule has 1 aromatic rings. The predicted octanol–water partition coefficient (Wildman–Crippen LogP) is 3.75. The topological polar surface area (TPSA) is 57.6 Å². The van der Waals surface area contributed by atoms with E-state index >= 15 is 0 Å². The zero-order valence-electron chi connectivity index (χ0n) is 14.5. The lowest BCUT2D eigenvalue weighted by Gasteiger charge is -2.37. The number of hydrogen-bond acceptors (Lipinski definition) is 2. The molecule has 1 aromatic carbocycles. The minimum absolute atomic E-state index is 0.136. The van der Waals surface area contributed by atoms with Gasteiger partial charge in [0.15, 0.2) is 0 Å². The molecule has 0 bridgehead atoms. The summed E-state index contributed by atoms with van der Waals surface area (Å²) in [4.78, 5) is 26.2. The molecular weight excluding hydrogens is 302 g/mol. The number of hydrogen-bond donors (Lipinski definition) is 1. The smallest absolute Gasteiger partial charge is 0.335 e. The van der Waals surface area contributed by atoms with Crippen LogP contribution in [0.5, 0.6) is 0 Å². The van der Waals surface area contributed by atoms with Gasteiger partial charge >= 0.3 is 5.97 Å². The third-order valence-corrected chi connectivity index (χ3v) is 5.88. The van der Waals surface area contributed by atoms with E-state index in [2.05, 4.69) is 6.92 Å². The number of piperidine rings is 1. The second-order valence-electron chi connectivity index (χ2n) is 7.67. The van der Waals surface area contributed by atoms with Crippen LogP contribution in [0.25, 0.3) is 0 Å². The third-order valence-electron chi connectivity index (χ3n) is 5.88. The molecule has 2 fully saturated rings. The van der Waals surface area contributed by atoms with Gasteiger partial charge in [0.25, 0.3) is 0 Å². The summed E-state index contributed by atoms with van der Waals surface area (Å²) >= 11 is 0. The van der Waals surface area contributed by atoms with Crippen LogP contribution < -0.4 is 0 Å². The van der Waals surface area contributed by atoms with E-state index in [1.165, 1.54) is 12.8 Å². The molecule has 4 nitrogen and oxygen atoms in total. The van der Waals surface area contributed by atoms with Crippen LogP contribution in [-0.2, 0) is 11.2 Å². The molecule has 2 aliphatic rings. The van der Waals surface area contributed by atoms with E-state index in [0.717, 1.165) is 50.8 Å². The molecule has 1 saturated carbocycles. The van der Waals surface area contributed by atoms with Gasteiger partial charge in [0.05, 0.1) is 5.56 Å². The molecule has 130 valence electrons. The first-order chi connectivity index (χ1) is 11.5. The van der Waals surface area contributed by atoms with Gasteiger partial charge in [0.1, 0.15) is 0 Å². The molecule has 0 radical (unpaired) electrons. The highest BCUT2D eigenvalue weighted by molar-refractivity contribution is 5.89. The maximum atomic E-state index is 12.8. The monoisotopic (exact) mass is 329 g/mol. The van der Waals surface area contributed by atoms with E-state index < -0.39 is 5.97 Å². The van der Waals surface area contributed by atoms with Gasteiger partial charge < -0.3 is 10.0 Å². The average Bonchev–Trinajstić information content (AvgIpc) is 3.03. The summed E-state index contributed by atoms with van der Waals surface area (Å²) in [6, 6.07) is 7.27. The zero-order chi connectivity index (χ0) is 17.2. The van der Waals surface area contributed by atoms with Gasteiger partial charge in [0.2, 0.25) is 5.91 Å². The van der Waals surface area contributed by atoms with Crippen LogP contribution in [0, 0.1) is 11.3 Å². The van der Waals surface area contributed by atoms with Gasteiger partial charge in [-0.15, -0.1) is 0 Å². The van der Waals surface area contributed by atoms with E-state index in [1.807, 2.05) is 17.0 Å². The van der Waals surface area contributed by atoms with Crippen molar-refractivity contribution in [1.29, 1.82) is 0 Å². The molecule has 4 heteroatoms. The molecule has 1 aliphatic heterocycles. The zero-order valence-corrected chi connectivity index (χ0v) is 14.5. The van der Waals surface area contributed by atoms with E-state index in [4.69, 9.17) is 0 Å². The van der Waals surface area contributed by atoms with Gasteiger partial charge in [-0.3, -0.25) is 4.79 Å². The van der Waals surface area contributed by atoms with E-state index in [1.54, 1.807) is 12.1 Å². The highest BCUT2D eigenvalue weighted by atomic mass is 16.4. The number of amides is 1. The fourth-order valence-electron chi connectivity index (χ4n) is 4.31. The van der Waals surface area contributed by atoms with Crippen LogP contribution >= 0.6 is 0 Å². The molecule has 0 spiro atoms. The van der Waals surface area contributed by atoms with E-state index in [9.17, 15) is 14.7 Å². The lowest BCUT2D eigenvalue weighted by atomic mass is 9.84. The van der Waals surface area contributed by atoms with Crippen molar-refractivity contribution < 1.29 is 14.7 Å². The molecule has 1 heterocycles. The van der Waals surface area contributed by atoms with Crippen molar-refractivity contribution >= 4 is 11.9 Å². The Morgan fingerprint density at radius 2 is 1.79 bits per heavy atom. The summed E-state index contributed by atoms with van der Waals surface area (Å²) in [6.07, 6.45) is 7.12.